The fraction of sp³-hybridized carbons (Fsp3) is 0.281. The van der Waals surface area contributed by atoms with E-state index < -0.39 is 17.7 Å². The topological polar surface area (TPSA) is 89.0 Å². The van der Waals surface area contributed by atoms with Gasteiger partial charge in [-0.15, -0.1) is 0 Å². The van der Waals surface area contributed by atoms with Crippen molar-refractivity contribution in [3.8, 4) is 11.5 Å². The van der Waals surface area contributed by atoms with E-state index >= 15 is 0 Å². The number of aliphatic hydroxyl groups excluding tert-OH is 1. The third-order valence-corrected chi connectivity index (χ3v) is 8.33. The van der Waals surface area contributed by atoms with Gasteiger partial charge in [0.25, 0.3) is 5.78 Å². The Morgan fingerprint density at radius 3 is 2.70 bits per heavy atom. The quantitative estimate of drug-likeness (QED) is 0.118. The molecule has 0 spiro atoms. The smallest absolute Gasteiger partial charge is 0.301 e. The predicted octanol–water partition coefficient (Wildman–Crippen LogP) is 6.73. The second-order valence-corrected chi connectivity index (χ2v) is 11.4. The second kappa shape index (κ2) is 10.4. The SMILES string of the molecule is CCCCOc1ccc([C@@H]2C(=C(O)c3ccc4c(c3)C[C@@H](C)O4)C(=O)C(=O)N2c2nc3ccc(C)cc3s2)cc1. The van der Waals surface area contributed by atoms with E-state index in [-0.39, 0.29) is 17.4 Å². The summed E-state index contributed by atoms with van der Waals surface area (Å²) in [5, 5.41) is 12.0. The van der Waals surface area contributed by atoms with Crippen LogP contribution < -0.4 is 14.4 Å². The molecule has 1 amide bonds. The molecule has 0 saturated carbocycles. The molecule has 2 aliphatic heterocycles. The maximum absolute atomic E-state index is 13.6. The van der Waals surface area contributed by atoms with Crippen molar-refractivity contribution in [1.82, 2.24) is 4.98 Å². The molecule has 0 radical (unpaired) electrons. The number of nitrogens with zero attached hydrogens (tertiary/aromatic N) is 2. The molecular weight excluding hydrogens is 524 g/mol. The van der Waals surface area contributed by atoms with Crippen LogP contribution >= 0.6 is 11.3 Å². The number of ether oxygens (including phenoxy) is 2. The monoisotopic (exact) mass is 554 g/mol. The molecule has 7 nitrogen and oxygen atoms in total. The highest BCUT2D eigenvalue weighted by molar-refractivity contribution is 7.22. The van der Waals surface area contributed by atoms with Crippen LogP contribution in [0.3, 0.4) is 0 Å². The van der Waals surface area contributed by atoms with Gasteiger partial charge in [-0.05, 0) is 79.4 Å². The summed E-state index contributed by atoms with van der Waals surface area (Å²) in [6.07, 6.45) is 2.73. The average molecular weight is 555 g/mol. The van der Waals surface area contributed by atoms with Gasteiger partial charge in [-0.3, -0.25) is 14.5 Å². The summed E-state index contributed by atoms with van der Waals surface area (Å²) >= 11 is 1.35. The Balaban J connectivity index is 1.47. The number of aryl methyl sites for hydroxylation is 1. The molecule has 6 rings (SSSR count). The number of fused-ring (bicyclic) bond motifs is 2. The lowest BCUT2D eigenvalue weighted by molar-refractivity contribution is -0.132. The fourth-order valence-electron chi connectivity index (χ4n) is 5.27. The van der Waals surface area contributed by atoms with E-state index in [2.05, 4.69) is 6.92 Å². The van der Waals surface area contributed by atoms with Gasteiger partial charge in [0, 0.05) is 12.0 Å². The number of Topliss-reactive ketones (excluding diaryl/α,β-unsaturated/α-hetero) is 1. The van der Waals surface area contributed by atoms with E-state index in [4.69, 9.17) is 14.5 Å². The normalized spacial score (nSPS) is 19.7. The van der Waals surface area contributed by atoms with Gasteiger partial charge in [0.15, 0.2) is 5.13 Å². The summed E-state index contributed by atoms with van der Waals surface area (Å²) in [6.45, 7) is 6.70. The van der Waals surface area contributed by atoms with Crippen LogP contribution in [-0.2, 0) is 16.0 Å². The third kappa shape index (κ3) is 4.62. The number of rotatable bonds is 7. The van der Waals surface area contributed by atoms with Crippen LogP contribution in [0.2, 0.25) is 0 Å². The van der Waals surface area contributed by atoms with E-state index in [1.54, 1.807) is 12.1 Å². The molecule has 3 aromatic carbocycles. The molecule has 2 atom stereocenters. The first-order valence-corrected chi connectivity index (χ1v) is 14.4. The van der Waals surface area contributed by atoms with Crippen molar-refractivity contribution in [2.24, 2.45) is 0 Å². The molecule has 3 heterocycles. The lowest BCUT2D eigenvalue weighted by Gasteiger charge is -2.23. The van der Waals surface area contributed by atoms with Crippen molar-refractivity contribution in [2.75, 3.05) is 11.5 Å². The van der Waals surface area contributed by atoms with Crippen molar-refractivity contribution < 1.29 is 24.2 Å². The number of hydrogen-bond acceptors (Lipinski definition) is 7. The number of benzene rings is 3. The van der Waals surface area contributed by atoms with Gasteiger partial charge in [-0.2, -0.15) is 0 Å². The number of hydrogen-bond donors (Lipinski definition) is 1. The van der Waals surface area contributed by atoms with Crippen molar-refractivity contribution in [3.63, 3.8) is 0 Å². The highest BCUT2D eigenvalue weighted by atomic mass is 32.1. The molecule has 1 saturated heterocycles. The largest absolute Gasteiger partial charge is 0.507 e. The first-order valence-electron chi connectivity index (χ1n) is 13.5. The van der Waals surface area contributed by atoms with Gasteiger partial charge in [0.2, 0.25) is 0 Å². The van der Waals surface area contributed by atoms with Crippen LogP contribution in [0.5, 0.6) is 11.5 Å². The molecule has 4 aromatic rings. The van der Waals surface area contributed by atoms with E-state index in [0.29, 0.717) is 35.0 Å². The van der Waals surface area contributed by atoms with Gasteiger partial charge >= 0.3 is 5.91 Å². The second-order valence-electron chi connectivity index (χ2n) is 10.4. The molecule has 204 valence electrons. The van der Waals surface area contributed by atoms with Crippen LogP contribution in [0, 0.1) is 6.92 Å². The number of carbonyl (C=O) groups excluding carboxylic acids is 2. The Morgan fingerprint density at radius 2 is 1.93 bits per heavy atom. The minimum atomic E-state index is -0.852. The number of ketones is 1. The maximum Gasteiger partial charge on any atom is 0.301 e. The Labute approximate surface area is 236 Å². The van der Waals surface area contributed by atoms with Crippen LogP contribution in [0.4, 0.5) is 5.13 Å². The summed E-state index contributed by atoms with van der Waals surface area (Å²) in [5.41, 5.74) is 3.97. The molecule has 0 bridgehead atoms. The Kier molecular flexibility index (Phi) is 6.80. The van der Waals surface area contributed by atoms with Crippen LogP contribution in [0.1, 0.15) is 55.0 Å². The molecule has 1 aromatic heterocycles. The third-order valence-electron chi connectivity index (χ3n) is 7.32. The number of carbonyl (C=O) groups is 2. The lowest BCUT2D eigenvalue weighted by atomic mass is 9.94. The van der Waals surface area contributed by atoms with E-state index in [1.807, 2.05) is 62.4 Å². The van der Waals surface area contributed by atoms with E-state index in [0.717, 1.165) is 39.9 Å². The van der Waals surface area contributed by atoms with Crippen molar-refractivity contribution in [3.05, 3.63) is 88.5 Å². The Bertz CT molecular complexity index is 1660. The number of aliphatic hydroxyl groups is 1. The zero-order valence-electron chi connectivity index (χ0n) is 22.6. The molecule has 1 fully saturated rings. The molecule has 2 aliphatic rings. The summed E-state index contributed by atoms with van der Waals surface area (Å²) in [6, 6.07) is 17.7. The Morgan fingerprint density at radius 1 is 1.12 bits per heavy atom. The molecular formula is C32H30N2O5S. The van der Waals surface area contributed by atoms with Crippen molar-refractivity contribution in [1.29, 1.82) is 0 Å². The van der Waals surface area contributed by atoms with Crippen LogP contribution in [0.25, 0.3) is 16.0 Å². The maximum atomic E-state index is 13.6. The number of thiazole rings is 1. The summed E-state index contributed by atoms with van der Waals surface area (Å²) < 4.78 is 12.6. The standard InChI is InChI=1S/C32H30N2O5S/c1-4-5-14-38-23-10-7-20(8-11-23)28-27(29(35)21-9-13-25-22(17-21)16-19(3)39-25)30(36)31(37)34(28)32-33-24-12-6-18(2)15-26(24)40-32/h6-13,15,17,19,28,35H,4-5,14,16H2,1-3H3/t19-,28-/m1/s1. The molecule has 0 aliphatic carbocycles. The van der Waals surface area contributed by atoms with Crippen LogP contribution in [0.15, 0.2) is 66.2 Å². The molecule has 1 N–H and O–H groups in total. The predicted molar refractivity (Wildman–Crippen MR) is 156 cm³/mol. The highest BCUT2D eigenvalue weighted by Gasteiger charge is 2.48. The summed E-state index contributed by atoms with van der Waals surface area (Å²) in [5.74, 6) is -0.203. The number of unbranched alkanes of at least 4 members (excludes halogenated alkanes) is 1. The van der Waals surface area contributed by atoms with Crippen LogP contribution in [-0.4, -0.2) is 34.5 Å². The fourth-order valence-corrected chi connectivity index (χ4v) is 6.36. The minimum Gasteiger partial charge on any atom is -0.507 e. The van der Waals surface area contributed by atoms with Gasteiger partial charge < -0.3 is 14.6 Å². The van der Waals surface area contributed by atoms with Gasteiger partial charge in [-0.25, -0.2) is 4.98 Å². The first kappa shape index (κ1) is 26.1. The average Bonchev–Trinajstić information content (AvgIpc) is 3.60. The number of anilines is 1. The first-order chi connectivity index (χ1) is 19.3. The van der Waals surface area contributed by atoms with Gasteiger partial charge in [0.05, 0.1) is 28.4 Å². The summed E-state index contributed by atoms with van der Waals surface area (Å²) in [7, 11) is 0. The number of amides is 1. The Hall–Kier alpha value is -4.17. The molecule has 40 heavy (non-hydrogen) atoms. The van der Waals surface area contributed by atoms with Gasteiger partial charge in [-0.1, -0.05) is 42.9 Å². The lowest BCUT2D eigenvalue weighted by Crippen LogP contribution is -2.29. The van der Waals surface area contributed by atoms with Crippen molar-refractivity contribution >= 4 is 44.1 Å². The number of aromatic nitrogens is 1. The van der Waals surface area contributed by atoms with E-state index in [1.165, 1.54) is 16.2 Å². The zero-order chi connectivity index (χ0) is 28.0. The summed E-state index contributed by atoms with van der Waals surface area (Å²) in [4.78, 5) is 33.3. The molecule has 8 heteroatoms. The minimum absolute atomic E-state index is 0.0343. The van der Waals surface area contributed by atoms with Crippen molar-refractivity contribution in [2.45, 2.75) is 52.2 Å². The zero-order valence-corrected chi connectivity index (χ0v) is 23.5. The highest BCUT2D eigenvalue weighted by Crippen LogP contribution is 2.45. The van der Waals surface area contributed by atoms with E-state index in [9.17, 15) is 14.7 Å². The molecule has 0 unspecified atom stereocenters. The van der Waals surface area contributed by atoms with Gasteiger partial charge in [0.1, 0.15) is 23.4 Å².